The summed E-state index contributed by atoms with van der Waals surface area (Å²) in [4.78, 5) is 4.85. The summed E-state index contributed by atoms with van der Waals surface area (Å²) in [7, 11) is 0. The van der Waals surface area contributed by atoms with E-state index in [0.29, 0.717) is 5.92 Å². The van der Waals surface area contributed by atoms with Crippen LogP contribution >= 0.6 is 0 Å². The predicted octanol–water partition coefficient (Wildman–Crippen LogP) is 17.8. The first-order valence-electron chi connectivity index (χ1n) is 23.8. The molecule has 0 aliphatic heterocycles. The fraction of sp³-hybridized carbons (Fsp3) is 0.156. The number of benzene rings is 9. The molecule has 0 N–H and O–H groups in total. The van der Waals surface area contributed by atoms with Gasteiger partial charge in [-0.3, -0.25) is 0 Å². The number of hydrogen-bond acceptors (Lipinski definition) is 2. The number of hydrogen-bond donors (Lipinski definition) is 0. The van der Waals surface area contributed by atoms with E-state index in [2.05, 4.69) is 261 Å². The third-order valence-corrected chi connectivity index (χ3v) is 14.8. The van der Waals surface area contributed by atoms with Crippen molar-refractivity contribution in [2.75, 3.05) is 9.80 Å². The van der Waals surface area contributed by atoms with Crippen LogP contribution in [0.25, 0.3) is 33.4 Å². The second-order valence-corrected chi connectivity index (χ2v) is 19.0. The lowest BCUT2D eigenvalue weighted by Crippen LogP contribution is -2.32. The molecule has 1 saturated carbocycles. The van der Waals surface area contributed by atoms with Gasteiger partial charge in [0, 0.05) is 44.8 Å². The van der Waals surface area contributed by atoms with Gasteiger partial charge in [-0.05, 0) is 148 Å². The topological polar surface area (TPSA) is 6.48 Å². The van der Waals surface area contributed by atoms with Crippen LogP contribution in [0, 0.1) is 5.92 Å². The molecule has 2 nitrogen and oxygen atoms in total. The summed E-state index contributed by atoms with van der Waals surface area (Å²) in [5.41, 5.74) is 19.8. The van der Waals surface area contributed by atoms with Gasteiger partial charge in [-0.1, -0.05) is 185 Å². The van der Waals surface area contributed by atoms with E-state index in [1.165, 1.54) is 68.5 Å². The Morgan fingerprint density at radius 1 is 0.379 bits per heavy atom. The number of para-hydroxylation sites is 3. The van der Waals surface area contributed by atoms with E-state index < -0.39 is 0 Å². The van der Waals surface area contributed by atoms with E-state index in [9.17, 15) is 0 Å². The fourth-order valence-corrected chi connectivity index (χ4v) is 11.2. The van der Waals surface area contributed by atoms with Crippen molar-refractivity contribution in [2.45, 2.75) is 57.3 Å². The highest BCUT2D eigenvalue weighted by Crippen LogP contribution is 2.54. The second-order valence-electron chi connectivity index (χ2n) is 19.0. The van der Waals surface area contributed by atoms with Crippen molar-refractivity contribution in [3.05, 3.63) is 253 Å². The minimum absolute atomic E-state index is 0.0828. The molecule has 0 amide bonds. The molecular formula is C64H56N2. The van der Waals surface area contributed by atoms with E-state index in [1.807, 2.05) is 0 Å². The smallest absolute Gasteiger partial charge is 0.0540 e. The molecule has 0 radical (unpaired) electrons. The molecule has 0 spiro atoms. The predicted molar refractivity (Wildman–Crippen MR) is 279 cm³/mol. The van der Waals surface area contributed by atoms with Gasteiger partial charge in [0.15, 0.2) is 0 Å². The molecule has 0 atom stereocenters. The Balaban J connectivity index is 1.02. The monoisotopic (exact) mass is 852 g/mol. The van der Waals surface area contributed by atoms with E-state index in [1.54, 1.807) is 0 Å². The SMILES string of the molecule is CC1CCC(c2ccc(N(c3ccccc3)c3ccccc3)cc2)(c2ccc(N(c3ccc4c(c3)C(C)(C)c3cccc(-c5ccccc5)c3-4)c3ccccc3-c3ccccc3)cc2)CC1. The Kier molecular flexibility index (Phi) is 10.7. The zero-order valence-electron chi connectivity index (χ0n) is 38.2. The average molecular weight is 853 g/mol. The fourth-order valence-electron chi connectivity index (χ4n) is 11.2. The van der Waals surface area contributed by atoms with Gasteiger partial charge in [-0.15, -0.1) is 0 Å². The van der Waals surface area contributed by atoms with Crippen molar-refractivity contribution in [1.29, 1.82) is 0 Å². The Labute approximate surface area is 391 Å². The lowest BCUT2D eigenvalue weighted by atomic mass is 9.63. The Morgan fingerprint density at radius 2 is 0.833 bits per heavy atom. The van der Waals surface area contributed by atoms with Crippen molar-refractivity contribution in [3.63, 3.8) is 0 Å². The molecule has 66 heavy (non-hydrogen) atoms. The Hall–Kier alpha value is -7.42. The van der Waals surface area contributed by atoms with Crippen molar-refractivity contribution in [1.82, 2.24) is 0 Å². The highest BCUT2D eigenvalue weighted by atomic mass is 15.1. The molecule has 322 valence electrons. The summed E-state index contributed by atoms with van der Waals surface area (Å²) >= 11 is 0. The van der Waals surface area contributed by atoms with Gasteiger partial charge < -0.3 is 9.80 Å². The molecule has 0 bridgehead atoms. The Bertz CT molecular complexity index is 3050. The molecule has 2 aliphatic rings. The minimum atomic E-state index is -0.181. The second kappa shape index (κ2) is 17.2. The molecule has 0 saturated heterocycles. The first-order valence-corrected chi connectivity index (χ1v) is 23.8. The van der Waals surface area contributed by atoms with Crippen molar-refractivity contribution in [3.8, 4) is 33.4 Å². The standard InChI is InChI=1S/C64H56N2/c1-46-41-43-64(44-42-46,49-31-35-53(36-32-49)65(51-23-12-6-13-24-51)52-25-14-7-15-26-52)50-33-37-54(38-34-50)66(61-30-17-16-27-56(61)47-19-8-4-9-20-47)55-39-40-58-60(45-55)63(2,3)59-29-18-28-57(62(58)59)48-21-10-5-11-22-48/h4-40,45-46H,41-44H2,1-3H3. The Morgan fingerprint density at radius 3 is 1.41 bits per heavy atom. The summed E-state index contributed by atoms with van der Waals surface area (Å²) in [6, 6.07) is 85.2. The highest BCUT2D eigenvalue weighted by molar-refractivity contribution is 5.95. The van der Waals surface area contributed by atoms with Crippen molar-refractivity contribution >= 4 is 34.1 Å². The first-order chi connectivity index (χ1) is 32.4. The lowest BCUT2D eigenvalue weighted by molar-refractivity contribution is 0.280. The van der Waals surface area contributed by atoms with Crippen LogP contribution in [0.15, 0.2) is 231 Å². The molecule has 0 aromatic heterocycles. The normalized spacial score (nSPS) is 17.1. The van der Waals surface area contributed by atoms with Gasteiger partial charge in [0.05, 0.1) is 5.69 Å². The molecule has 0 heterocycles. The third-order valence-electron chi connectivity index (χ3n) is 14.8. The molecule has 2 aliphatic carbocycles. The summed E-state index contributed by atoms with van der Waals surface area (Å²) < 4.78 is 0. The zero-order valence-corrected chi connectivity index (χ0v) is 38.2. The number of fused-ring (bicyclic) bond motifs is 3. The maximum Gasteiger partial charge on any atom is 0.0540 e. The number of nitrogens with zero attached hydrogens (tertiary/aromatic N) is 2. The quantitative estimate of drug-likeness (QED) is 0.135. The number of rotatable bonds is 10. The molecule has 9 aromatic rings. The van der Waals surface area contributed by atoms with Crippen LogP contribution in [0.5, 0.6) is 0 Å². The molecular weight excluding hydrogens is 797 g/mol. The summed E-state index contributed by atoms with van der Waals surface area (Å²) in [6.45, 7) is 7.21. The van der Waals surface area contributed by atoms with E-state index >= 15 is 0 Å². The largest absolute Gasteiger partial charge is 0.311 e. The molecule has 1 fully saturated rings. The first kappa shape index (κ1) is 41.3. The van der Waals surface area contributed by atoms with Gasteiger partial charge in [-0.2, -0.15) is 0 Å². The van der Waals surface area contributed by atoms with E-state index in [-0.39, 0.29) is 10.8 Å². The van der Waals surface area contributed by atoms with Gasteiger partial charge in [0.25, 0.3) is 0 Å². The molecule has 9 aromatic carbocycles. The van der Waals surface area contributed by atoms with Gasteiger partial charge in [0.1, 0.15) is 0 Å². The number of anilines is 6. The van der Waals surface area contributed by atoms with Crippen LogP contribution in [-0.2, 0) is 10.8 Å². The van der Waals surface area contributed by atoms with Crippen molar-refractivity contribution < 1.29 is 0 Å². The van der Waals surface area contributed by atoms with Gasteiger partial charge >= 0.3 is 0 Å². The van der Waals surface area contributed by atoms with E-state index in [0.717, 1.165) is 47.0 Å². The summed E-state index contributed by atoms with van der Waals surface area (Å²) in [5, 5.41) is 0. The minimum Gasteiger partial charge on any atom is -0.311 e. The van der Waals surface area contributed by atoms with Crippen LogP contribution in [0.2, 0.25) is 0 Å². The molecule has 0 unspecified atom stereocenters. The highest BCUT2D eigenvalue weighted by Gasteiger charge is 2.39. The zero-order chi connectivity index (χ0) is 44.7. The van der Waals surface area contributed by atoms with Crippen LogP contribution in [0.4, 0.5) is 34.1 Å². The maximum absolute atomic E-state index is 2.50. The van der Waals surface area contributed by atoms with Crippen LogP contribution < -0.4 is 9.80 Å². The summed E-state index contributed by atoms with van der Waals surface area (Å²) in [6.07, 6.45) is 4.67. The lowest BCUT2D eigenvalue weighted by Gasteiger charge is -2.41. The van der Waals surface area contributed by atoms with Crippen LogP contribution in [0.3, 0.4) is 0 Å². The average Bonchev–Trinajstić information content (AvgIpc) is 3.61. The maximum atomic E-state index is 2.50. The summed E-state index contributed by atoms with van der Waals surface area (Å²) in [5.74, 6) is 0.715. The third kappa shape index (κ3) is 7.31. The molecule has 11 rings (SSSR count). The van der Waals surface area contributed by atoms with Crippen LogP contribution in [-0.4, -0.2) is 0 Å². The van der Waals surface area contributed by atoms with Gasteiger partial charge in [-0.25, -0.2) is 0 Å². The molecule has 2 heteroatoms. The van der Waals surface area contributed by atoms with Crippen molar-refractivity contribution in [2.24, 2.45) is 5.92 Å². The van der Waals surface area contributed by atoms with E-state index in [4.69, 9.17) is 0 Å². The van der Waals surface area contributed by atoms with Gasteiger partial charge in [0.2, 0.25) is 0 Å². The van der Waals surface area contributed by atoms with Crippen LogP contribution in [0.1, 0.15) is 68.7 Å².